The number of aliphatic hydroxyl groups excluding tert-OH is 1. The summed E-state index contributed by atoms with van der Waals surface area (Å²) in [4.78, 5) is 0. The molecule has 1 fully saturated rings. The fourth-order valence-electron chi connectivity index (χ4n) is 3.55. The molecule has 2 aromatic rings. The molecule has 136 valence electrons. The standard InChI is InChI=1S/C20H29N3O2/c1-16-19(12-21-14-20(15-24)8-10-25-11-9-20)17(2)23(22-16)13-18-6-4-3-5-7-18/h3-7,21,24H,8-15H2,1-2H3. The summed E-state index contributed by atoms with van der Waals surface area (Å²) in [6.07, 6.45) is 1.84. The van der Waals surface area contributed by atoms with Crippen LogP contribution in [0.3, 0.4) is 0 Å². The van der Waals surface area contributed by atoms with E-state index in [1.54, 1.807) is 0 Å². The van der Waals surface area contributed by atoms with E-state index < -0.39 is 0 Å². The largest absolute Gasteiger partial charge is 0.396 e. The summed E-state index contributed by atoms with van der Waals surface area (Å²) in [6, 6.07) is 10.4. The lowest BCUT2D eigenvalue weighted by Crippen LogP contribution is -2.41. The number of rotatable bonds is 7. The van der Waals surface area contributed by atoms with Crippen molar-refractivity contribution < 1.29 is 9.84 Å². The summed E-state index contributed by atoms with van der Waals surface area (Å²) >= 11 is 0. The zero-order valence-electron chi connectivity index (χ0n) is 15.3. The predicted molar refractivity (Wildman–Crippen MR) is 98.5 cm³/mol. The zero-order valence-corrected chi connectivity index (χ0v) is 15.3. The minimum Gasteiger partial charge on any atom is -0.396 e. The smallest absolute Gasteiger partial charge is 0.0662 e. The van der Waals surface area contributed by atoms with E-state index in [-0.39, 0.29) is 12.0 Å². The number of ether oxygens (including phenoxy) is 1. The highest BCUT2D eigenvalue weighted by Gasteiger charge is 2.31. The van der Waals surface area contributed by atoms with Crippen LogP contribution in [0, 0.1) is 19.3 Å². The summed E-state index contributed by atoms with van der Waals surface area (Å²) in [5, 5.41) is 18.1. The second-order valence-corrected chi connectivity index (χ2v) is 7.17. The first-order chi connectivity index (χ1) is 12.1. The third-order valence-corrected chi connectivity index (χ3v) is 5.40. The zero-order chi connectivity index (χ0) is 17.7. The Morgan fingerprint density at radius 1 is 1.20 bits per heavy atom. The molecule has 1 aromatic carbocycles. The first-order valence-electron chi connectivity index (χ1n) is 9.10. The molecule has 0 amide bonds. The maximum Gasteiger partial charge on any atom is 0.0662 e. The van der Waals surface area contributed by atoms with E-state index in [2.05, 4.69) is 48.1 Å². The van der Waals surface area contributed by atoms with Gasteiger partial charge in [-0.15, -0.1) is 0 Å². The average molecular weight is 343 g/mol. The molecule has 0 unspecified atom stereocenters. The molecular weight excluding hydrogens is 314 g/mol. The van der Waals surface area contributed by atoms with Gasteiger partial charge in [0.05, 0.1) is 18.8 Å². The Morgan fingerprint density at radius 2 is 1.92 bits per heavy atom. The first kappa shape index (κ1) is 18.1. The van der Waals surface area contributed by atoms with Crippen molar-refractivity contribution in [2.75, 3.05) is 26.4 Å². The Balaban J connectivity index is 1.63. The monoisotopic (exact) mass is 343 g/mol. The summed E-state index contributed by atoms with van der Waals surface area (Å²) < 4.78 is 7.52. The molecule has 1 saturated heterocycles. The second kappa shape index (κ2) is 8.13. The Kier molecular flexibility index (Phi) is 5.89. The molecule has 2 heterocycles. The van der Waals surface area contributed by atoms with Gasteiger partial charge in [-0.2, -0.15) is 5.10 Å². The van der Waals surface area contributed by atoms with Crippen molar-refractivity contribution >= 4 is 0 Å². The lowest BCUT2D eigenvalue weighted by atomic mass is 9.81. The molecule has 0 atom stereocenters. The predicted octanol–water partition coefficient (Wildman–Crippen LogP) is 2.43. The lowest BCUT2D eigenvalue weighted by Gasteiger charge is -2.35. The van der Waals surface area contributed by atoms with E-state index in [0.717, 1.165) is 51.4 Å². The molecule has 0 spiro atoms. The molecule has 0 bridgehead atoms. The molecule has 5 nitrogen and oxygen atoms in total. The number of aryl methyl sites for hydroxylation is 1. The highest BCUT2D eigenvalue weighted by atomic mass is 16.5. The van der Waals surface area contributed by atoms with Gasteiger partial charge in [0, 0.05) is 43.0 Å². The van der Waals surface area contributed by atoms with E-state index in [9.17, 15) is 5.11 Å². The van der Waals surface area contributed by atoms with Gasteiger partial charge in [0.25, 0.3) is 0 Å². The van der Waals surface area contributed by atoms with Gasteiger partial charge >= 0.3 is 0 Å². The molecule has 1 aliphatic rings. The van der Waals surface area contributed by atoms with Crippen LogP contribution in [0.25, 0.3) is 0 Å². The van der Waals surface area contributed by atoms with Gasteiger partial charge in [-0.05, 0) is 32.3 Å². The molecule has 0 radical (unpaired) electrons. The van der Waals surface area contributed by atoms with E-state index >= 15 is 0 Å². The van der Waals surface area contributed by atoms with Gasteiger partial charge in [-0.1, -0.05) is 30.3 Å². The first-order valence-corrected chi connectivity index (χ1v) is 9.10. The molecule has 2 N–H and O–H groups in total. The van der Waals surface area contributed by atoms with E-state index in [0.29, 0.717) is 0 Å². The van der Waals surface area contributed by atoms with Crippen LogP contribution in [0.2, 0.25) is 0 Å². The maximum atomic E-state index is 9.80. The minimum absolute atomic E-state index is 0.0416. The van der Waals surface area contributed by atoms with Gasteiger partial charge in [0.2, 0.25) is 0 Å². The SMILES string of the molecule is Cc1nn(Cc2ccccc2)c(C)c1CNCC1(CO)CCOCC1. The molecule has 25 heavy (non-hydrogen) atoms. The number of hydrogen-bond acceptors (Lipinski definition) is 4. The number of aliphatic hydroxyl groups is 1. The molecule has 3 rings (SSSR count). The van der Waals surface area contributed by atoms with E-state index in [4.69, 9.17) is 9.84 Å². The van der Waals surface area contributed by atoms with Crippen molar-refractivity contribution in [2.24, 2.45) is 5.41 Å². The third kappa shape index (κ3) is 4.29. The van der Waals surface area contributed by atoms with E-state index in [1.165, 1.54) is 16.8 Å². The minimum atomic E-state index is -0.0416. The number of nitrogens with one attached hydrogen (secondary N) is 1. The van der Waals surface area contributed by atoms with Gasteiger partial charge in [0.1, 0.15) is 0 Å². The Morgan fingerprint density at radius 3 is 2.60 bits per heavy atom. The van der Waals surface area contributed by atoms with Crippen molar-refractivity contribution in [3.8, 4) is 0 Å². The van der Waals surface area contributed by atoms with Crippen LogP contribution in [0.15, 0.2) is 30.3 Å². The summed E-state index contributed by atoms with van der Waals surface area (Å²) in [6.45, 7) is 8.31. The van der Waals surface area contributed by atoms with Gasteiger partial charge < -0.3 is 15.2 Å². The van der Waals surface area contributed by atoms with Crippen molar-refractivity contribution in [3.05, 3.63) is 52.8 Å². The van der Waals surface area contributed by atoms with Gasteiger partial charge in [-0.25, -0.2) is 0 Å². The molecule has 0 aliphatic carbocycles. The van der Waals surface area contributed by atoms with Crippen LogP contribution in [0.1, 0.15) is 35.4 Å². The normalized spacial score (nSPS) is 16.9. The summed E-state index contributed by atoms with van der Waals surface area (Å²) in [5.41, 5.74) is 4.76. The number of aromatic nitrogens is 2. The summed E-state index contributed by atoms with van der Waals surface area (Å²) in [7, 11) is 0. The van der Waals surface area contributed by atoms with Crippen LogP contribution in [-0.4, -0.2) is 41.3 Å². The van der Waals surface area contributed by atoms with Gasteiger partial charge in [-0.3, -0.25) is 4.68 Å². The molecular formula is C20H29N3O2. The molecule has 5 heteroatoms. The molecule has 1 aromatic heterocycles. The maximum absolute atomic E-state index is 9.80. The Hall–Kier alpha value is -1.69. The molecule has 0 saturated carbocycles. The fraction of sp³-hybridized carbons (Fsp3) is 0.550. The lowest BCUT2D eigenvalue weighted by molar-refractivity contribution is -0.0154. The second-order valence-electron chi connectivity index (χ2n) is 7.17. The highest BCUT2D eigenvalue weighted by molar-refractivity contribution is 5.26. The average Bonchev–Trinajstić information content (AvgIpc) is 2.91. The highest BCUT2D eigenvalue weighted by Crippen LogP contribution is 2.29. The van der Waals surface area contributed by atoms with Crippen molar-refractivity contribution in [3.63, 3.8) is 0 Å². The Labute approximate surface area is 150 Å². The Bertz CT molecular complexity index is 676. The van der Waals surface area contributed by atoms with Crippen LogP contribution < -0.4 is 5.32 Å². The quantitative estimate of drug-likeness (QED) is 0.811. The van der Waals surface area contributed by atoms with Crippen LogP contribution >= 0.6 is 0 Å². The van der Waals surface area contributed by atoms with E-state index in [1.807, 2.05) is 6.07 Å². The topological polar surface area (TPSA) is 59.3 Å². The van der Waals surface area contributed by atoms with Crippen LogP contribution in [0.5, 0.6) is 0 Å². The van der Waals surface area contributed by atoms with Crippen LogP contribution in [0.4, 0.5) is 0 Å². The van der Waals surface area contributed by atoms with Crippen molar-refractivity contribution in [1.82, 2.24) is 15.1 Å². The van der Waals surface area contributed by atoms with Crippen LogP contribution in [-0.2, 0) is 17.8 Å². The van der Waals surface area contributed by atoms with Crippen molar-refractivity contribution in [2.45, 2.75) is 39.8 Å². The number of nitrogens with zero attached hydrogens (tertiary/aromatic N) is 2. The molecule has 1 aliphatic heterocycles. The fourth-order valence-corrected chi connectivity index (χ4v) is 3.55. The van der Waals surface area contributed by atoms with Gasteiger partial charge in [0.15, 0.2) is 0 Å². The summed E-state index contributed by atoms with van der Waals surface area (Å²) in [5.74, 6) is 0. The number of hydrogen-bond donors (Lipinski definition) is 2. The third-order valence-electron chi connectivity index (χ3n) is 5.40. The number of benzene rings is 1. The van der Waals surface area contributed by atoms with Crippen molar-refractivity contribution in [1.29, 1.82) is 0 Å².